The number of aliphatic carboxylic acids is 1. The molecule has 0 heterocycles. The smallest absolute Gasteiger partial charge is 0.322 e. The van der Waals surface area contributed by atoms with Gasteiger partial charge in [-0.25, -0.2) is 0 Å². The van der Waals surface area contributed by atoms with E-state index in [1.54, 1.807) is 0 Å². The molecule has 0 fully saturated rings. The molecule has 0 aliphatic rings. The molecule has 0 aromatic rings. The lowest BCUT2D eigenvalue weighted by molar-refractivity contribution is -0.136. The number of carboxylic acids is 1. The van der Waals surface area contributed by atoms with Gasteiger partial charge in [0.1, 0.15) is 25.2 Å². The maximum Gasteiger partial charge on any atom is 0.322 e. The van der Waals surface area contributed by atoms with Crippen LogP contribution in [0.25, 0.3) is 0 Å². The minimum absolute atomic E-state index is 0.00704. The van der Waals surface area contributed by atoms with Crippen molar-refractivity contribution in [1.82, 2.24) is 15.5 Å². The minimum atomic E-state index is -1.18. The summed E-state index contributed by atoms with van der Waals surface area (Å²) in [4.78, 5) is 58.5. The van der Waals surface area contributed by atoms with E-state index in [4.69, 9.17) is 5.11 Å². The van der Waals surface area contributed by atoms with Gasteiger partial charge in [0.15, 0.2) is 0 Å². The van der Waals surface area contributed by atoms with Crippen molar-refractivity contribution in [3.63, 3.8) is 0 Å². The van der Waals surface area contributed by atoms with Gasteiger partial charge in [-0.2, -0.15) is 0 Å². The first-order valence-corrected chi connectivity index (χ1v) is 7.64. The third-order valence-electron chi connectivity index (χ3n) is 3.48. The van der Waals surface area contributed by atoms with Gasteiger partial charge in [-0.15, -0.1) is 0 Å². The minimum Gasteiger partial charge on any atom is -0.480 e. The lowest BCUT2D eigenvalue weighted by Gasteiger charge is -2.28. The summed E-state index contributed by atoms with van der Waals surface area (Å²) in [5, 5.41) is 13.7. The summed E-state index contributed by atoms with van der Waals surface area (Å²) in [6, 6.07) is -0.960. The molecular formula is C17H23N3O6. The van der Waals surface area contributed by atoms with E-state index in [-0.39, 0.29) is 29.7 Å². The quantitative estimate of drug-likeness (QED) is 0.239. The number of carbonyl (C=O) groups is 5. The number of likely N-dealkylation sites (N-methyl/N-ethyl adjacent to an activating group) is 2. The molecule has 0 aromatic heterocycles. The van der Waals surface area contributed by atoms with E-state index in [0.29, 0.717) is 12.6 Å². The first-order valence-electron chi connectivity index (χ1n) is 7.64. The highest BCUT2D eigenvalue weighted by molar-refractivity contribution is 6.06. The average molecular weight is 365 g/mol. The zero-order chi connectivity index (χ0) is 20.3. The van der Waals surface area contributed by atoms with E-state index in [2.05, 4.69) is 23.8 Å². The molecule has 0 rings (SSSR count). The molecule has 3 N–H and O–H groups in total. The van der Waals surface area contributed by atoms with E-state index in [0.717, 1.165) is 4.90 Å². The molecule has 9 nitrogen and oxygen atoms in total. The van der Waals surface area contributed by atoms with Crippen molar-refractivity contribution in [2.45, 2.75) is 18.9 Å². The standard InChI is InChI=1S/C17H23N3O6/c1-5-12(19-9-14(23)24)15(11(2)10-22)17(26)20(4)13(7-6-8-21)16(25)18-3/h5,8,10,13,19H,1-2,6-7,9H2,3-4H3,(H,18,25)(H,23,24)/b15-12-. The predicted octanol–water partition coefficient (Wildman–Crippen LogP) is -0.592. The van der Waals surface area contributed by atoms with Gasteiger partial charge in [0.05, 0.1) is 5.57 Å². The average Bonchev–Trinajstić information content (AvgIpc) is 2.63. The van der Waals surface area contributed by atoms with E-state index in [1.165, 1.54) is 20.2 Å². The molecule has 0 bridgehead atoms. The molecule has 2 amide bonds. The highest BCUT2D eigenvalue weighted by Gasteiger charge is 2.30. The number of aldehydes is 2. The van der Waals surface area contributed by atoms with Crippen molar-refractivity contribution in [2.75, 3.05) is 20.6 Å². The predicted molar refractivity (Wildman–Crippen MR) is 94.0 cm³/mol. The summed E-state index contributed by atoms with van der Waals surface area (Å²) in [7, 11) is 2.72. The van der Waals surface area contributed by atoms with Crippen molar-refractivity contribution in [1.29, 1.82) is 0 Å². The third-order valence-corrected chi connectivity index (χ3v) is 3.48. The molecule has 26 heavy (non-hydrogen) atoms. The summed E-state index contributed by atoms with van der Waals surface area (Å²) < 4.78 is 0. The maximum absolute atomic E-state index is 12.9. The number of carbonyl (C=O) groups excluding carboxylic acids is 4. The van der Waals surface area contributed by atoms with E-state index >= 15 is 0 Å². The fourth-order valence-electron chi connectivity index (χ4n) is 2.13. The Morgan fingerprint density at radius 2 is 1.88 bits per heavy atom. The van der Waals surface area contributed by atoms with Crippen LogP contribution in [0.2, 0.25) is 0 Å². The molecule has 0 radical (unpaired) electrons. The summed E-state index contributed by atoms with van der Waals surface area (Å²) in [6.45, 7) is 6.48. The van der Waals surface area contributed by atoms with Gasteiger partial charge in [-0.3, -0.25) is 19.2 Å². The van der Waals surface area contributed by atoms with Crippen molar-refractivity contribution in [3.8, 4) is 0 Å². The zero-order valence-electron chi connectivity index (χ0n) is 14.8. The number of hydrogen-bond acceptors (Lipinski definition) is 6. The molecule has 0 saturated heterocycles. The van der Waals surface area contributed by atoms with Gasteiger partial charge >= 0.3 is 5.97 Å². The van der Waals surface area contributed by atoms with Crippen LogP contribution in [0.1, 0.15) is 12.8 Å². The van der Waals surface area contributed by atoms with Gasteiger partial charge < -0.3 is 25.4 Å². The van der Waals surface area contributed by atoms with Crippen LogP contribution in [0.4, 0.5) is 0 Å². The van der Waals surface area contributed by atoms with Gasteiger partial charge in [0.25, 0.3) is 5.91 Å². The molecule has 1 atom stereocenters. The van der Waals surface area contributed by atoms with Crippen molar-refractivity contribution in [2.24, 2.45) is 0 Å². The molecule has 142 valence electrons. The number of hydrogen-bond donors (Lipinski definition) is 3. The van der Waals surface area contributed by atoms with Crippen LogP contribution in [0.15, 0.2) is 36.1 Å². The van der Waals surface area contributed by atoms with Gasteiger partial charge in [-0.1, -0.05) is 13.2 Å². The Kier molecular flexibility index (Phi) is 9.94. The van der Waals surface area contributed by atoms with Gasteiger partial charge in [0.2, 0.25) is 5.91 Å². The van der Waals surface area contributed by atoms with Crippen molar-refractivity contribution < 1.29 is 29.1 Å². The van der Waals surface area contributed by atoms with Crippen LogP contribution >= 0.6 is 0 Å². The Balaban J connectivity index is 5.95. The lowest BCUT2D eigenvalue weighted by atomic mass is 10.0. The number of nitrogens with zero attached hydrogens (tertiary/aromatic N) is 1. The molecule has 0 spiro atoms. The largest absolute Gasteiger partial charge is 0.480 e. The molecule has 1 unspecified atom stereocenters. The van der Waals surface area contributed by atoms with E-state index < -0.39 is 30.4 Å². The Bertz CT molecular complexity index is 638. The fraction of sp³-hybridized carbons (Fsp3) is 0.353. The zero-order valence-corrected chi connectivity index (χ0v) is 14.8. The Morgan fingerprint density at radius 3 is 2.31 bits per heavy atom. The van der Waals surface area contributed by atoms with Crippen LogP contribution < -0.4 is 10.6 Å². The summed E-state index contributed by atoms with van der Waals surface area (Å²) in [6.07, 6.45) is 2.28. The number of allylic oxidation sites excluding steroid dienone is 1. The SMILES string of the molecule is C=C/C(NCC(=O)O)=C(\C(=C)C=O)C(=O)N(C)C(CCC=O)C(=O)NC. The second-order valence-electron chi connectivity index (χ2n) is 5.17. The van der Waals surface area contributed by atoms with Crippen LogP contribution in [0, 0.1) is 0 Å². The second kappa shape index (κ2) is 11.3. The van der Waals surface area contributed by atoms with Crippen LogP contribution in [-0.4, -0.2) is 67.0 Å². The molecule has 0 aliphatic heterocycles. The lowest BCUT2D eigenvalue weighted by Crippen LogP contribution is -2.47. The van der Waals surface area contributed by atoms with Crippen molar-refractivity contribution >= 4 is 30.4 Å². The summed E-state index contributed by atoms with van der Waals surface area (Å²) in [5.41, 5.74) is -0.424. The van der Waals surface area contributed by atoms with Gasteiger partial charge in [-0.05, 0) is 12.5 Å². The number of nitrogens with one attached hydrogen (secondary N) is 2. The Morgan fingerprint density at radius 1 is 1.27 bits per heavy atom. The highest BCUT2D eigenvalue weighted by atomic mass is 16.4. The van der Waals surface area contributed by atoms with E-state index in [1.807, 2.05) is 0 Å². The molecule has 9 heteroatoms. The monoisotopic (exact) mass is 365 g/mol. The summed E-state index contributed by atoms with van der Waals surface area (Å²) >= 11 is 0. The van der Waals surface area contributed by atoms with Crippen molar-refractivity contribution in [3.05, 3.63) is 36.1 Å². The fourth-order valence-corrected chi connectivity index (χ4v) is 2.13. The van der Waals surface area contributed by atoms with Crippen LogP contribution in [0.3, 0.4) is 0 Å². The van der Waals surface area contributed by atoms with Crippen LogP contribution in [0.5, 0.6) is 0 Å². The topological polar surface area (TPSA) is 133 Å². The normalized spacial score (nSPS) is 12.1. The molecule has 0 aromatic carbocycles. The molecule has 0 aliphatic carbocycles. The second-order valence-corrected chi connectivity index (χ2v) is 5.17. The van der Waals surface area contributed by atoms with Crippen LogP contribution in [-0.2, 0) is 24.0 Å². The number of amides is 2. The third kappa shape index (κ3) is 6.34. The first kappa shape index (κ1) is 22.8. The summed E-state index contributed by atoms with van der Waals surface area (Å²) in [5.74, 6) is -2.41. The number of rotatable bonds is 12. The number of carboxylic acid groups (broad SMARTS) is 1. The highest BCUT2D eigenvalue weighted by Crippen LogP contribution is 2.17. The Labute approximate surface area is 151 Å². The Hall–Kier alpha value is -3.23. The van der Waals surface area contributed by atoms with E-state index in [9.17, 15) is 24.0 Å². The molecular weight excluding hydrogens is 342 g/mol. The maximum atomic E-state index is 12.9. The first-order chi connectivity index (χ1) is 12.2. The molecule has 0 saturated carbocycles. The van der Waals surface area contributed by atoms with Gasteiger partial charge in [0, 0.05) is 31.8 Å².